The molecule has 0 saturated heterocycles. The number of halogens is 1. The van der Waals surface area contributed by atoms with Gasteiger partial charge >= 0.3 is 0 Å². The van der Waals surface area contributed by atoms with Crippen molar-refractivity contribution in [3.8, 4) is 10.6 Å². The molecule has 1 unspecified atom stereocenters. The first-order valence-corrected chi connectivity index (χ1v) is 8.46. The fraction of sp³-hybridized carbons (Fsp3) is 0.389. The van der Waals surface area contributed by atoms with E-state index in [4.69, 9.17) is 0 Å². The van der Waals surface area contributed by atoms with E-state index < -0.39 is 6.10 Å². The fourth-order valence-corrected chi connectivity index (χ4v) is 2.51. The molecular formula is C18H26FNOS. The fourth-order valence-electron chi connectivity index (χ4n) is 1.52. The lowest BCUT2D eigenvalue weighted by atomic mass is 10.1. The van der Waals surface area contributed by atoms with Gasteiger partial charge in [0.15, 0.2) is 0 Å². The highest BCUT2D eigenvalue weighted by Gasteiger charge is 2.13. The standard InChI is InChI=1S/C14H14FNOS.2C2H6/c1-3-9(2)13(17)12-8-16-14(18-12)10-4-6-11(15)7-5-10;2*1-2/h3-8,13,17H,1-2H3;2*1-2H3/b9-3+;;. The number of aliphatic hydroxyl groups is 1. The van der Waals surface area contributed by atoms with E-state index in [9.17, 15) is 9.50 Å². The molecule has 0 aliphatic heterocycles. The van der Waals surface area contributed by atoms with E-state index >= 15 is 0 Å². The number of hydrogen-bond acceptors (Lipinski definition) is 3. The highest BCUT2D eigenvalue weighted by molar-refractivity contribution is 7.15. The molecule has 2 nitrogen and oxygen atoms in total. The van der Waals surface area contributed by atoms with Gasteiger partial charge in [-0.05, 0) is 43.7 Å². The molecule has 0 bridgehead atoms. The molecule has 0 amide bonds. The van der Waals surface area contributed by atoms with Crippen molar-refractivity contribution in [1.82, 2.24) is 4.98 Å². The van der Waals surface area contributed by atoms with Crippen molar-refractivity contribution < 1.29 is 9.50 Å². The highest BCUT2D eigenvalue weighted by atomic mass is 32.1. The zero-order valence-electron chi connectivity index (χ0n) is 14.2. The monoisotopic (exact) mass is 323 g/mol. The van der Waals surface area contributed by atoms with Crippen molar-refractivity contribution in [2.45, 2.75) is 47.6 Å². The normalized spacial score (nSPS) is 11.7. The summed E-state index contributed by atoms with van der Waals surface area (Å²) in [5, 5.41) is 10.8. The Bertz CT molecular complexity index is 561. The Morgan fingerprint density at radius 1 is 1.18 bits per heavy atom. The number of allylic oxidation sites excluding steroid dienone is 1. The number of thiazole rings is 1. The molecular weight excluding hydrogens is 297 g/mol. The third-order valence-corrected chi connectivity index (χ3v) is 3.87. The number of benzene rings is 1. The van der Waals surface area contributed by atoms with Crippen LogP contribution in [0.15, 0.2) is 42.1 Å². The summed E-state index contributed by atoms with van der Waals surface area (Å²) in [6, 6.07) is 6.19. The summed E-state index contributed by atoms with van der Waals surface area (Å²) in [5.74, 6) is -0.264. The molecule has 0 spiro atoms. The number of hydrogen-bond donors (Lipinski definition) is 1. The van der Waals surface area contributed by atoms with Crippen LogP contribution >= 0.6 is 11.3 Å². The summed E-state index contributed by atoms with van der Waals surface area (Å²) in [6.07, 6.45) is 2.94. The van der Waals surface area contributed by atoms with Crippen LogP contribution in [0.25, 0.3) is 10.6 Å². The van der Waals surface area contributed by atoms with E-state index in [-0.39, 0.29) is 5.82 Å². The molecule has 4 heteroatoms. The van der Waals surface area contributed by atoms with Gasteiger partial charge in [-0.3, -0.25) is 0 Å². The van der Waals surface area contributed by atoms with Crippen LogP contribution in [0, 0.1) is 5.82 Å². The summed E-state index contributed by atoms with van der Waals surface area (Å²) in [4.78, 5) is 5.06. The Kier molecular flexibility index (Phi) is 10.3. The van der Waals surface area contributed by atoms with E-state index in [1.165, 1.54) is 23.5 Å². The number of rotatable bonds is 3. The van der Waals surface area contributed by atoms with Crippen LogP contribution in [0.1, 0.15) is 52.5 Å². The van der Waals surface area contributed by atoms with Crippen LogP contribution in [0.4, 0.5) is 4.39 Å². The Hall–Kier alpha value is -1.52. The minimum absolute atomic E-state index is 0.264. The van der Waals surface area contributed by atoms with Crippen LogP contribution in [0.5, 0.6) is 0 Å². The Morgan fingerprint density at radius 2 is 1.73 bits per heavy atom. The molecule has 0 fully saturated rings. The van der Waals surface area contributed by atoms with E-state index in [1.807, 2.05) is 47.6 Å². The highest BCUT2D eigenvalue weighted by Crippen LogP contribution is 2.31. The predicted molar refractivity (Wildman–Crippen MR) is 94.6 cm³/mol. The third-order valence-electron chi connectivity index (χ3n) is 2.77. The average Bonchev–Trinajstić information content (AvgIpc) is 3.07. The van der Waals surface area contributed by atoms with Gasteiger partial charge in [0.25, 0.3) is 0 Å². The number of nitrogens with zero attached hydrogens (tertiary/aromatic N) is 1. The maximum Gasteiger partial charge on any atom is 0.123 e. The molecule has 1 N–H and O–H groups in total. The number of aromatic nitrogens is 1. The summed E-state index contributed by atoms with van der Waals surface area (Å²) in [6.45, 7) is 11.8. The molecule has 1 aromatic carbocycles. The van der Waals surface area contributed by atoms with Gasteiger partial charge in [-0.15, -0.1) is 11.3 Å². The molecule has 122 valence electrons. The SMILES string of the molecule is C/C=C(\C)C(O)c1cnc(-c2ccc(F)cc2)s1.CC.CC. The first-order chi connectivity index (χ1) is 10.6. The molecule has 0 radical (unpaired) electrons. The molecule has 1 heterocycles. The van der Waals surface area contributed by atoms with Gasteiger partial charge in [0.1, 0.15) is 16.9 Å². The zero-order valence-corrected chi connectivity index (χ0v) is 15.0. The molecule has 22 heavy (non-hydrogen) atoms. The van der Waals surface area contributed by atoms with E-state index in [2.05, 4.69) is 4.98 Å². The summed E-state index contributed by atoms with van der Waals surface area (Å²) < 4.78 is 12.8. The smallest absolute Gasteiger partial charge is 0.123 e. The van der Waals surface area contributed by atoms with E-state index in [0.717, 1.165) is 21.0 Å². The number of aliphatic hydroxyl groups excluding tert-OH is 1. The molecule has 0 aliphatic carbocycles. The summed E-state index contributed by atoms with van der Waals surface area (Å²) in [5.41, 5.74) is 1.75. The van der Waals surface area contributed by atoms with Gasteiger partial charge in [-0.2, -0.15) is 0 Å². The van der Waals surface area contributed by atoms with Gasteiger partial charge in [0, 0.05) is 11.8 Å². The van der Waals surface area contributed by atoms with Crippen LogP contribution in [-0.2, 0) is 0 Å². The second-order valence-corrected chi connectivity index (χ2v) is 5.07. The average molecular weight is 323 g/mol. The quantitative estimate of drug-likeness (QED) is 0.703. The lowest BCUT2D eigenvalue weighted by Gasteiger charge is -2.06. The topological polar surface area (TPSA) is 33.1 Å². The molecule has 1 atom stereocenters. The molecule has 1 aromatic heterocycles. The molecule has 2 rings (SSSR count). The van der Waals surface area contributed by atoms with Crippen molar-refractivity contribution >= 4 is 11.3 Å². The molecule has 0 saturated carbocycles. The maximum atomic E-state index is 12.8. The first-order valence-electron chi connectivity index (χ1n) is 7.64. The van der Waals surface area contributed by atoms with Crippen molar-refractivity contribution in [2.24, 2.45) is 0 Å². The lowest BCUT2D eigenvalue weighted by molar-refractivity contribution is 0.219. The third kappa shape index (κ3) is 5.70. The maximum absolute atomic E-state index is 12.8. The van der Waals surface area contributed by atoms with E-state index in [0.29, 0.717) is 0 Å². The van der Waals surface area contributed by atoms with Gasteiger partial charge in [0.2, 0.25) is 0 Å². The minimum Gasteiger partial charge on any atom is -0.383 e. The Balaban J connectivity index is 0.00000102. The largest absolute Gasteiger partial charge is 0.383 e. The minimum atomic E-state index is -0.610. The van der Waals surface area contributed by atoms with Gasteiger partial charge in [-0.1, -0.05) is 33.8 Å². The zero-order chi connectivity index (χ0) is 17.1. The van der Waals surface area contributed by atoms with Crippen LogP contribution in [0.3, 0.4) is 0 Å². The van der Waals surface area contributed by atoms with E-state index in [1.54, 1.807) is 18.3 Å². The van der Waals surface area contributed by atoms with Crippen molar-refractivity contribution in [3.63, 3.8) is 0 Å². The van der Waals surface area contributed by atoms with Crippen LogP contribution in [-0.4, -0.2) is 10.1 Å². The Morgan fingerprint density at radius 3 is 2.23 bits per heavy atom. The van der Waals surface area contributed by atoms with Crippen LogP contribution < -0.4 is 0 Å². The van der Waals surface area contributed by atoms with Crippen molar-refractivity contribution in [3.05, 3.63) is 52.8 Å². The van der Waals surface area contributed by atoms with Crippen molar-refractivity contribution in [2.75, 3.05) is 0 Å². The lowest BCUT2D eigenvalue weighted by Crippen LogP contribution is -1.95. The van der Waals surface area contributed by atoms with Gasteiger partial charge in [0.05, 0.1) is 4.88 Å². The van der Waals surface area contributed by atoms with Crippen LogP contribution in [0.2, 0.25) is 0 Å². The second kappa shape index (κ2) is 11.1. The van der Waals surface area contributed by atoms with Gasteiger partial charge < -0.3 is 5.11 Å². The second-order valence-electron chi connectivity index (χ2n) is 4.01. The van der Waals surface area contributed by atoms with Gasteiger partial charge in [-0.25, -0.2) is 9.37 Å². The summed E-state index contributed by atoms with van der Waals surface area (Å²) >= 11 is 1.42. The first kappa shape index (κ1) is 20.5. The molecule has 2 aromatic rings. The Labute approximate surface area is 137 Å². The predicted octanol–water partition coefficient (Wildman–Crippen LogP) is 6.00. The van der Waals surface area contributed by atoms with Crippen molar-refractivity contribution in [1.29, 1.82) is 0 Å². The molecule has 0 aliphatic rings. The summed E-state index contributed by atoms with van der Waals surface area (Å²) in [7, 11) is 0.